The smallest absolute Gasteiger partial charge is 0.323 e. The fourth-order valence-corrected chi connectivity index (χ4v) is 3.03. The van der Waals surface area contributed by atoms with Gasteiger partial charge in [0.25, 0.3) is 5.56 Å². The van der Waals surface area contributed by atoms with Gasteiger partial charge in [0.05, 0.1) is 11.4 Å². The Hall–Kier alpha value is -4.20. The summed E-state index contributed by atoms with van der Waals surface area (Å²) in [5, 5.41) is 5.24. The summed E-state index contributed by atoms with van der Waals surface area (Å²) in [6.07, 6.45) is 1.73. The number of anilines is 2. The van der Waals surface area contributed by atoms with E-state index in [1.54, 1.807) is 42.6 Å². The third-order valence-corrected chi connectivity index (χ3v) is 4.45. The number of aromatic nitrogens is 2. The predicted molar refractivity (Wildman–Crippen MR) is 116 cm³/mol. The van der Waals surface area contributed by atoms with E-state index in [2.05, 4.69) is 15.6 Å². The number of para-hydroxylation sites is 2. The second-order valence-corrected chi connectivity index (χ2v) is 6.89. The summed E-state index contributed by atoms with van der Waals surface area (Å²) in [7, 11) is 0. The summed E-state index contributed by atoms with van der Waals surface area (Å²) in [4.78, 5) is 29.1. The van der Waals surface area contributed by atoms with Crippen LogP contribution in [0.5, 0.6) is 5.75 Å². The van der Waals surface area contributed by atoms with Crippen molar-refractivity contribution in [2.45, 2.75) is 13.5 Å². The number of pyridine rings is 1. The van der Waals surface area contributed by atoms with Crippen LogP contribution in [0.15, 0.2) is 77.7 Å². The highest BCUT2D eigenvalue weighted by molar-refractivity contribution is 6.00. The van der Waals surface area contributed by atoms with Crippen LogP contribution in [-0.2, 0) is 6.61 Å². The molecule has 0 fully saturated rings. The first kappa shape index (κ1) is 20.1. The Balaban J connectivity index is 1.47. The molecule has 8 heteroatoms. The number of nitrogens with one attached hydrogen (secondary N) is 2. The van der Waals surface area contributed by atoms with E-state index in [9.17, 15) is 14.0 Å². The zero-order chi connectivity index (χ0) is 21.8. The fraction of sp³-hybridized carbons (Fsp3) is 0.0870. The Bertz CT molecular complexity index is 1320. The van der Waals surface area contributed by atoms with Gasteiger partial charge >= 0.3 is 6.03 Å². The van der Waals surface area contributed by atoms with Crippen molar-refractivity contribution in [1.82, 2.24) is 9.38 Å². The van der Waals surface area contributed by atoms with Crippen molar-refractivity contribution in [3.05, 3.63) is 100 Å². The second-order valence-electron chi connectivity index (χ2n) is 6.89. The van der Waals surface area contributed by atoms with E-state index in [1.165, 1.54) is 28.7 Å². The molecule has 4 rings (SSSR count). The molecule has 2 aromatic heterocycles. The van der Waals surface area contributed by atoms with Crippen molar-refractivity contribution in [3.63, 3.8) is 0 Å². The monoisotopic (exact) mass is 418 g/mol. The number of hydrogen-bond acceptors (Lipinski definition) is 4. The lowest BCUT2D eigenvalue weighted by atomic mass is 10.3. The summed E-state index contributed by atoms with van der Waals surface area (Å²) < 4.78 is 20.6. The Kier molecular flexibility index (Phi) is 5.61. The lowest BCUT2D eigenvalue weighted by Gasteiger charge is -2.13. The van der Waals surface area contributed by atoms with Gasteiger partial charge in [-0.1, -0.05) is 24.3 Å². The molecule has 0 aliphatic heterocycles. The molecule has 0 aliphatic carbocycles. The maximum atomic E-state index is 13.3. The van der Waals surface area contributed by atoms with Crippen molar-refractivity contribution < 1.29 is 13.9 Å². The quantitative estimate of drug-likeness (QED) is 0.504. The van der Waals surface area contributed by atoms with Crippen LogP contribution < -0.4 is 20.9 Å². The SMILES string of the molecule is Cc1ccc2nc(COc3ccccc3NC(=O)Nc3cccc(F)c3)cc(=O)n2c1. The van der Waals surface area contributed by atoms with Crippen LogP contribution in [0.2, 0.25) is 0 Å². The van der Waals surface area contributed by atoms with Crippen molar-refractivity contribution in [1.29, 1.82) is 0 Å². The van der Waals surface area contributed by atoms with Gasteiger partial charge in [-0.2, -0.15) is 0 Å². The van der Waals surface area contributed by atoms with Crippen LogP contribution in [0.1, 0.15) is 11.3 Å². The van der Waals surface area contributed by atoms with Gasteiger partial charge in [0.2, 0.25) is 0 Å². The molecule has 0 unspecified atom stereocenters. The summed E-state index contributed by atoms with van der Waals surface area (Å²) >= 11 is 0. The van der Waals surface area contributed by atoms with E-state index in [4.69, 9.17) is 4.74 Å². The third-order valence-electron chi connectivity index (χ3n) is 4.45. The van der Waals surface area contributed by atoms with Crippen molar-refractivity contribution >= 4 is 23.1 Å². The van der Waals surface area contributed by atoms with Gasteiger partial charge in [0.1, 0.15) is 23.8 Å². The van der Waals surface area contributed by atoms with Gasteiger partial charge < -0.3 is 15.4 Å². The first-order chi connectivity index (χ1) is 15.0. The minimum Gasteiger partial charge on any atom is -0.485 e. The molecule has 0 spiro atoms. The number of benzene rings is 2. The first-order valence-corrected chi connectivity index (χ1v) is 9.52. The topological polar surface area (TPSA) is 84.7 Å². The molecule has 0 saturated carbocycles. The lowest BCUT2D eigenvalue weighted by Crippen LogP contribution is -2.20. The molecule has 0 saturated heterocycles. The Morgan fingerprint density at radius 3 is 2.74 bits per heavy atom. The summed E-state index contributed by atoms with van der Waals surface area (Å²) in [6.45, 7) is 1.95. The third kappa shape index (κ3) is 4.87. The average molecular weight is 418 g/mol. The van der Waals surface area contributed by atoms with Gasteiger partial charge in [0.15, 0.2) is 0 Å². The van der Waals surface area contributed by atoms with Gasteiger partial charge in [0, 0.05) is 18.0 Å². The highest BCUT2D eigenvalue weighted by Crippen LogP contribution is 2.25. The van der Waals surface area contributed by atoms with E-state index in [1.807, 2.05) is 13.0 Å². The number of fused-ring (bicyclic) bond motifs is 1. The molecular weight excluding hydrogens is 399 g/mol. The molecule has 156 valence electrons. The number of halogens is 1. The summed E-state index contributed by atoms with van der Waals surface area (Å²) in [5.74, 6) is -0.0433. The Morgan fingerprint density at radius 1 is 1.06 bits per heavy atom. The van der Waals surface area contributed by atoms with E-state index in [0.29, 0.717) is 28.5 Å². The molecule has 0 aliphatic rings. The van der Waals surface area contributed by atoms with Crippen molar-refractivity contribution in [2.75, 3.05) is 10.6 Å². The summed E-state index contributed by atoms with van der Waals surface area (Å²) in [6, 6.07) is 17.0. The van der Waals surface area contributed by atoms with Gasteiger partial charge in [-0.15, -0.1) is 0 Å². The Labute approximate surface area is 177 Å². The molecule has 0 atom stereocenters. The van der Waals surface area contributed by atoms with Gasteiger partial charge in [-0.05, 0) is 48.9 Å². The highest BCUT2D eigenvalue weighted by atomic mass is 19.1. The van der Waals surface area contributed by atoms with Crippen LogP contribution in [0, 0.1) is 12.7 Å². The van der Waals surface area contributed by atoms with E-state index < -0.39 is 11.8 Å². The molecule has 2 N–H and O–H groups in total. The molecular formula is C23H19FN4O3. The molecule has 2 heterocycles. The molecule has 4 aromatic rings. The maximum Gasteiger partial charge on any atom is 0.323 e. The number of ether oxygens (including phenoxy) is 1. The number of hydrogen-bond donors (Lipinski definition) is 2. The van der Waals surface area contributed by atoms with Crippen LogP contribution in [0.3, 0.4) is 0 Å². The zero-order valence-corrected chi connectivity index (χ0v) is 16.6. The van der Waals surface area contributed by atoms with Crippen LogP contribution in [0.4, 0.5) is 20.6 Å². The number of aryl methyl sites for hydroxylation is 1. The average Bonchev–Trinajstić information content (AvgIpc) is 2.73. The van der Waals surface area contributed by atoms with E-state index >= 15 is 0 Å². The minimum absolute atomic E-state index is 0.0455. The van der Waals surface area contributed by atoms with Crippen LogP contribution in [-0.4, -0.2) is 15.4 Å². The lowest BCUT2D eigenvalue weighted by molar-refractivity contribution is 0.261. The van der Waals surface area contributed by atoms with Crippen LogP contribution in [0.25, 0.3) is 5.65 Å². The van der Waals surface area contributed by atoms with E-state index in [0.717, 1.165) is 5.56 Å². The number of urea groups is 1. The molecule has 7 nitrogen and oxygen atoms in total. The molecule has 0 radical (unpaired) electrons. The largest absolute Gasteiger partial charge is 0.485 e. The van der Waals surface area contributed by atoms with Gasteiger partial charge in [-0.3, -0.25) is 9.20 Å². The van der Waals surface area contributed by atoms with E-state index in [-0.39, 0.29) is 12.2 Å². The normalized spacial score (nSPS) is 10.6. The highest BCUT2D eigenvalue weighted by Gasteiger charge is 2.10. The minimum atomic E-state index is -0.543. The predicted octanol–water partition coefficient (Wildman–Crippen LogP) is 4.37. The number of nitrogens with zero attached hydrogens (tertiary/aromatic N) is 2. The van der Waals surface area contributed by atoms with Crippen molar-refractivity contribution in [3.8, 4) is 5.75 Å². The molecule has 2 aromatic carbocycles. The molecule has 0 bridgehead atoms. The standard InChI is InChI=1S/C23H19FN4O3/c1-15-9-10-21-25-18(12-22(29)28(21)13-15)14-31-20-8-3-2-7-19(20)27-23(30)26-17-6-4-5-16(24)11-17/h2-13H,14H2,1H3,(H2,26,27,30). The molecule has 2 amide bonds. The first-order valence-electron chi connectivity index (χ1n) is 9.52. The molecule has 31 heavy (non-hydrogen) atoms. The van der Waals surface area contributed by atoms with Gasteiger partial charge in [-0.25, -0.2) is 14.2 Å². The maximum absolute atomic E-state index is 13.3. The van der Waals surface area contributed by atoms with Crippen molar-refractivity contribution in [2.24, 2.45) is 0 Å². The zero-order valence-electron chi connectivity index (χ0n) is 16.6. The fourth-order valence-electron chi connectivity index (χ4n) is 3.03. The van der Waals surface area contributed by atoms with Crippen LogP contribution >= 0.6 is 0 Å². The number of carbonyl (C=O) groups is 1. The second kappa shape index (κ2) is 8.66. The Morgan fingerprint density at radius 2 is 1.90 bits per heavy atom. The number of carbonyl (C=O) groups excluding carboxylic acids is 1. The number of rotatable bonds is 5. The summed E-state index contributed by atoms with van der Waals surface area (Å²) in [5.41, 5.74) is 2.49. The number of amides is 2.